The number of oxazole rings is 1. The van der Waals surface area contributed by atoms with Gasteiger partial charge in [-0.25, -0.2) is 4.98 Å². The topological polar surface area (TPSA) is 55.1 Å². The summed E-state index contributed by atoms with van der Waals surface area (Å²) in [7, 11) is 0. The van der Waals surface area contributed by atoms with Gasteiger partial charge >= 0.3 is 0 Å². The fourth-order valence-corrected chi connectivity index (χ4v) is 2.70. The van der Waals surface area contributed by atoms with E-state index in [0.717, 1.165) is 16.9 Å². The molecule has 25 heavy (non-hydrogen) atoms. The van der Waals surface area contributed by atoms with Crippen LogP contribution in [0, 0.1) is 0 Å². The summed E-state index contributed by atoms with van der Waals surface area (Å²) >= 11 is 0. The van der Waals surface area contributed by atoms with E-state index in [2.05, 4.69) is 10.3 Å². The number of aromatic nitrogens is 1. The molecule has 0 spiro atoms. The summed E-state index contributed by atoms with van der Waals surface area (Å²) < 4.78 is 5.76. The van der Waals surface area contributed by atoms with Crippen LogP contribution in [0.1, 0.15) is 37.3 Å². The minimum Gasteiger partial charge on any atom is -0.441 e. The first-order chi connectivity index (χ1) is 12.2. The average molecular weight is 334 g/mol. The van der Waals surface area contributed by atoms with Gasteiger partial charge in [0.25, 0.3) is 0 Å². The Hall–Kier alpha value is -2.88. The predicted molar refractivity (Wildman–Crippen MR) is 97.9 cm³/mol. The van der Waals surface area contributed by atoms with Crippen LogP contribution in [0.2, 0.25) is 0 Å². The zero-order chi connectivity index (χ0) is 17.5. The van der Waals surface area contributed by atoms with Crippen molar-refractivity contribution in [2.45, 2.75) is 32.2 Å². The van der Waals surface area contributed by atoms with E-state index in [4.69, 9.17) is 4.42 Å². The number of hydrogen-bond donors (Lipinski definition) is 1. The van der Waals surface area contributed by atoms with Crippen LogP contribution in [0.25, 0.3) is 11.3 Å². The number of aryl methyl sites for hydroxylation is 1. The minimum absolute atomic E-state index is 0.0140. The maximum absolute atomic E-state index is 12.1. The first kappa shape index (κ1) is 17.0. The van der Waals surface area contributed by atoms with Gasteiger partial charge in [-0.05, 0) is 18.9 Å². The number of rotatable bonds is 7. The Morgan fingerprint density at radius 2 is 1.76 bits per heavy atom. The van der Waals surface area contributed by atoms with Gasteiger partial charge in [0.2, 0.25) is 5.91 Å². The van der Waals surface area contributed by atoms with Gasteiger partial charge in [0.05, 0.1) is 12.2 Å². The first-order valence-electron chi connectivity index (χ1n) is 8.57. The highest BCUT2D eigenvalue weighted by Crippen LogP contribution is 2.20. The van der Waals surface area contributed by atoms with Gasteiger partial charge in [0, 0.05) is 18.4 Å². The van der Waals surface area contributed by atoms with E-state index in [1.165, 1.54) is 0 Å². The third-order valence-corrected chi connectivity index (χ3v) is 4.08. The van der Waals surface area contributed by atoms with E-state index in [0.29, 0.717) is 25.2 Å². The van der Waals surface area contributed by atoms with Crippen molar-refractivity contribution < 1.29 is 9.21 Å². The molecule has 0 saturated carbocycles. The van der Waals surface area contributed by atoms with Gasteiger partial charge < -0.3 is 9.73 Å². The number of nitrogens with one attached hydrogen (secondary N) is 1. The van der Waals surface area contributed by atoms with E-state index < -0.39 is 0 Å². The van der Waals surface area contributed by atoms with E-state index in [-0.39, 0.29) is 11.9 Å². The Morgan fingerprint density at radius 1 is 1.08 bits per heavy atom. The molecule has 0 fully saturated rings. The number of benzene rings is 2. The number of nitrogens with zero attached hydrogens (tertiary/aromatic N) is 1. The van der Waals surface area contributed by atoms with Crippen molar-refractivity contribution in [3.63, 3.8) is 0 Å². The second-order valence-corrected chi connectivity index (χ2v) is 6.04. The molecular weight excluding hydrogens is 312 g/mol. The molecule has 0 aliphatic rings. The van der Waals surface area contributed by atoms with Crippen molar-refractivity contribution in [2.24, 2.45) is 0 Å². The van der Waals surface area contributed by atoms with Gasteiger partial charge in [-0.15, -0.1) is 0 Å². The maximum atomic E-state index is 12.1. The summed E-state index contributed by atoms with van der Waals surface area (Å²) in [5.74, 6) is 1.48. The minimum atomic E-state index is 0.0140. The Labute approximate surface area is 147 Å². The molecule has 1 amide bonds. The van der Waals surface area contributed by atoms with Crippen LogP contribution >= 0.6 is 0 Å². The molecule has 1 atom stereocenters. The summed E-state index contributed by atoms with van der Waals surface area (Å²) in [6.45, 7) is 1.99. The Bertz CT molecular complexity index is 797. The molecule has 0 bridgehead atoms. The lowest BCUT2D eigenvalue weighted by Crippen LogP contribution is -2.26. The standard InChI is InChI=1S/C21H22N2O2/c1-16(17-9-4-2-5-10-17)23-20(24)13-8-14-21-22-15-19(25-21)18-11-6-3-7-12-18/h2-7,9-12,15-16H,8,13-14H2,1H3,(H,23,24). The normalized spacial score (nSPS) is 11.9. The van der Waals surface area contributed by atoms with Crippen LogP contribution in [-0.4, -0.2) is 10.9 Å². The number of amides is 1. The SMILES string of the molecule is CC(NC(=O)CCCc1ncc(-c2ccccc2)o1)c1ccccc1. The summed E-state index contributed by atoms with van der Waals surface area (Å²) in [4.78, 5) is 16.4. The van der Waals surface area contributed by atoms with Gasteiger partial charge in [0.15, 0.2) is 11.7 Å². The molecule has 1 N–H and O–H groups in total. The highest BCUT2D eigenvalue weighted by molar-refractivity contribution is 5.76. The van der Waals surface area contributed by atoms with E-state index in [1.807, 2.05) is 67.6 Å². The summed E-state index contributed by atoms with van der Waals surface area (Å²) in [6.07, 6.45) is 3.56. The molecule has 3 aromatic rings. The third kappa shape index (κ3) is 4.80. The van der Waals surface area contributed by atoms with E-state index in [1.54, 1.807) is 6.20 Å². The van der Waals surface area contributed by atoms with Crippen LogP contribution in [0.3, 0.4) is 0 Å². The van der Waals surface area contributed by atoms with Crippen LogP contribution in [0.15, 0.2) is 71.3 Å². The summed E-state index contributed by atoms with van der Waals surface area (Å²) in [5, 5.41) is 3.02. The van der Waals surface area contributed by atoms with Gasteiger partial charge in [-0.1, -0.05) is 60.7 Å². The molecule has 0 saturated heterocycles. The third-order valence-electron chi connectivity index (χ3n) is 4.08. The predicted octanol–water partition coefficient (Wildman–Crippen LogP) is 4.54. The fourth-order valence-electron chi connectivity index (χ4n) is 2.70. The van der Waals surface area contributed by atoms with E-state index >= 15 is 0 Å². The zero-order valence-corrected chi connectivity index (χ0v) is 14.3. The van der Waals surface area contributed by atoms with Crippen molar-refractivity contribution in [1.82, 2.24) is 10.3 Å². The maximum Gasteiger partial charge on any atom is 0.220 e. The molecule has 128 valence electrons. The smallest absolute Gasteiger partial charge is 0.220 e. The highest BCUT2D eigenvalue weighted by atomic mass is 16.4. The van der Waals surface area contributed by atoms with Crippen molar-refractivity contribution in [1.29, 1.82) is 0 Å². The molecule has 4 heteroatoms. The fraction of sp³-hybridized carbons (Fsp3) is 0.238. The molecule has 1 heterocycles. The quantitative estimate of drug-likeness (QED) is 0.690. The number of carbonyl (C=O) groups excluding carboxylic acids is 1. The van der Waals surface area contributed by atoms with E-state index in [9.17, 15) is 4.79 Å². The summed E-state index contributed by atoms with van der Waals surface area (Å²) in [6, 6.07) is 19.9. The summed E-state index contributed by atoms with van der Waals surface area (Å²) in [5.41, 5.74) is 2.12. The molecule has 4 nitrogen and oxygen atoms in total. The molecule has 1 unspecified atom stereocenters. The van der Waals surface area contributed by atoms with Crippen molar-refractivity contribution in [3.05, 3.63) is 78.3 Å². The van der Waals surface area contributed by atoms with Crippen LogP contribution in [0.4, 0.5) is 0 Å². The van der Waals surface area contributed by atoms with Gasteiger partial charge in [-0.2, -0.15) is 0 Å². The first-order valence-corrected chi connectivity index (χ1v) is 8.57. The molecule has 1 aromatic heterocycles. The van der Waals surface area contributed by atoms with Gasteiger partial charge in [0.1, 0.15) is 0 Å². The molecule has 2 aromatic carbocycles. The van der Waals surface area contributed by atoms with Crippen molar-refractivity contribution >= 4 is 5.91 Å². The Balaban J connectivity index is 1.45. The second kappa shape index (κ2) is 8.29. The van der Waals surface area contributed by atoms with Crippen molar-refractivity contribution in [2.75, 3.05) is 0 Å². The van der Waals surface area contributed by atoms with Gasteiger partial charge in [-0.3, -0.25) is 4.79 Å². The molecule has 3 rings (SSSR count). The Kier molecular flexibility index (Phi) is 5.62. The number of hydrogen-bond acceptors (Lipinski definition) is 3. The average Bonchev–Trinajstić information content (AvgIpc) is 3.12. The molecule has 0 aliphatic heterocycles. The Morgan fingerprint density at radius 3 is 2.48 bits per heavy atom. The molecule has 0 radical (unpaired) electrons. The molecular formula is C21H22N2O2. The highest BCUT2D eigenvalue weighted by Gasteiger charge is 2.10. The lowest BCUT2D eigenvalue weighted by molar-refractivity contribution is -0.121. The lowest BCUT2D eigenvalue weighted by Gasteiger charge is -2.13. The van der Waals surface area contributed by atoms with Crippen molar-refractivity contribution in [3.8, 4) is 11.3 Å². The zero-order valence-electron chi connectivity index (χ0n) is 14.3. The largest absolute Gasteiger partial charge is 0.441 e. The van der Waals surface area contributed by atoms with Crippen LogP contribution in [0.5, 0.6) is 0 Å². The number of carbonyl (C=O) groups is 1. The van der Waals surface area contributed by atoms with Crippen LogP contribution in [-0.2, 0) is 11.2 Å². The monoisotopic (exact) mass is 334 g/mol. The van der Waals surface area contributed by atoms with Crippen LogP contribution < -0.4 is 5.32 Å². The second-order valence-electron chi connectivity index (χ2n) is 6.04. The molecule has 0 aliphatic carbocycles. The lowest BCUT2D eigenvalue weighted by atomic mass is 10.1.